The zero-order valence-corrected chi connectivity index (χ0v) is 14.2. The van der Waals surface area contributed by atoms with Crippen LogP contribution in [0.1, 0.15) is 42.2 Å². The lowest BCUT2D eigenvalue weighted by Gasteiger charge is -2.14. The van der Waals surface area contributed by atoms with Gasteiger partial charge in [0.25, 0.3) is 0 Å². The largest absolute Gasteiger partial charge is 0.396 e. The number of anilines is 2. The maximum atomic E-state index is 13.6. The predicted octanol–water partition coefficient (Wildman–Crippen LogP) is 5.16. The van der Waals surface area contributed by atoms with E-state index in [-0.39, 0.29) is 11.4 Å². The Balaban J connectivity index is 1.73. The standard InChI is InChI=1S/C21H19F2N3/c22-14-5-3-12(8-16(14)24)20-18-10-1-2-11(7-10)19(18)21(26-20)13-4-6-15(23)17(25)9-13/h3-6,8-11,26H,1-2,7,24-25H2. The van der Waals surface area contributed by atoms with Gasteiger partial charge in [-0.1, -0.05) is 0 Å². The van der Waals surface area contributed by atoms with E-state index in [1.807, 2.05) is 0 Å². The molecule has 5 N–H and O–H groups in total. The summed E-state index contributed by atoms with van der Waals surface area (Å²) in [5.41, 5.74) is 18.2. The number of hydrogen-bond acceptors (Lipinski definition) is 2. The molecular formula is C21H19F2N3. The Bertz CT molecular complexity index is 958. The summed E-state index contributed by atoms with van der Waals surface area (Å²) in [6.45, 7) is 0. The average molecular weight is 351 g/mol. The third-order valence-corrected chi connectivity index (χ3v) is 5.90. The molecule has 132 valence electrons. The minimum Gasteiger partial charge on any atom is -0.396 e. The van der Waals surface area contributed by atoms with Gasteiger partial charge in [-0.25, -0.2) is 8.78 Å². The lowest BCUT2D eigenvalue weighted by Crippen LogP contribution is -1.98. The molecule has 3 aromatic rings. The fourth-order valence-electron chi connectivity index (χ4n) is 4.74. The smallest absolute Gasteiger partial charge is 0.146 e. The molecule has 2 aliphatic carbocycles. The van der Waals surface area contributed by atoms with Crippen LogP contribution >= 0.6 is 0 Å². The van der Waals surface area contributed by atoms with Gasteiger partial charge in [-0.2, -0.15) is 0 Å². The molecule has 1 aromatic heterocycles. The number of aromatic amines is 1. The highest BCUT2D eigenvalue weighted by molar-refractivity contribution is 5.80. The van der Waals surface area contributed by atoms with Gasteiger partial charge in [0.05, 0.1) is 11.4 Å². The molecule has 2 aliphatic rings. The number of hydrogen-bond donors (Lipinski definition) is 3. The molecule has 0 radical (unpaired) electrons. The van der Waals surface area contributed by atoms with Crippen molar-refractivity contribution in [3.8, 4) is 22.5 Å². The maximum Gasteiger partial charge on any atom is 0.146 e. The quantitative estimate of drug-likeness (QED) is 0.559. The van der Waals surface area contributed by atoms with Crippen molar-refractivity contribution in [1.82, 2.24) is 4.98 Å². The highest BCUT2D eigenvalue weighted by Crippen LogP contribution is 2.58. The number of fused-ring (bicyclic) bond motifs is 5. The van der Waals surface area contributed by atoms with E-state index in [1.165, 1.54) is 36.1 Å². The van der Waals surface area contributed by atoms with Crippen molar-refractivity contribution in [2.45, 2.75) is 31.1 Å². The molecule has 2 aromatic carbocycles. The Morgan fingerprint density at radius 2 is 1.23 bits per heavy atom. The molecule has 2 atom stereocenters. The van der Waals surface area contributed by atoms with Crippen LogP contribution in [0.15, 0.2) is 36.4 Å². The first kappa shape index (κ1) is 15.4. The van der Waals surface area contributed by atoms with Gasteiger partial charge in [0.1, 0.15) is 11.6 Å². The van der Waals surface area contributed by atoms with Crippen molar-refractivity contribution < 1.29 is 8.78 Å². The van der Waals surface area contributed by atoms with Crippen molar-refractivity contribution >= 4 is 11.4 Å². The molecule has 1 heterocycles. The predicted molar refractivity (Wildman–Crippen MR) is 99.7 cm³/mol. The third kappa shape index (κ3) is 2.09. The van der Waals surface area contributed by atoms with Crippen LogP contribution in [-0.2, 0) is 0 Å². The first-order chi connectivity index (χ1) is 12.5. The number of halogens is 2. The van der Waals surface area contributed by atoms with Crippen LogP contribution in [0.3, 0.4) is 0 Å². The van der Waals surface area contributed by atoms with Crippen LogP contribution in [0.25, 0.3) is 22.5 Å². The van der Waals surface area contributed by atoms with E-state index in [1.54, 1.807) is 24.3 Å². The van der Waals surface area contributed by atoms with Gasteiger partial charge >= 0.3 is 0 Å². The van der Waals surface area contributed by atoms with Crippen LogP contribution in [-0.4, -0.2) is 4.98 Å². The van der Waals surface area contributed by atoms with E-state index in [2.05, 4.69) is 4.98 Å². The summed E-state index contributed by atoms with van der Waals surface area (Å²) in [7, 11) is 0. The van der Waals surface area contributed by atoms with Gasteiger partial charge in [0.15, 0.2) is 0 Å². The summed E-state index contributed by atoms with van der Waals surface area (Å²) in [5, 5.41) is 0. The molecule has 2 bridgehead atoms. The molecule has 0 saturated heterocycles. The minimum atomic E-state index is -0.412. The minimum absolute atomic E-state index is 0.140. The van der Waals surface area contributed by atoms with Crippen molar-refractivity contribution in [1.29, 1.82) is 0 Å². The number of rotatable bonds is 2. The lowest BCUT2D eigenvalue weighted by molar-refractivity contribution is 0.632. The van der Waals surface area contributed by atoms with Gasteiger partial charge in [-0.15, -0.1) is 0 Å². The summed E-state index contributed by atoms with van der Waals surface area (Å²) in [5.74, 6) is 0.202. The molecule has 0 amide bonds. The van der Waals surface area contributed by atoms with Crippen molar-refractivity contribution in [2.75, 3.05) is 11.5 Å². The zero-order chi connectivity index (χ0) is 18.0. The second kappa shape index (κ2) is 5.34. The van der Waals surface area contributed by atoms with Gasteiger partial charge in [-0.3, -0.25) is 0 Å². The lowest BCUT2D eigenvalue weighted by atomic mass is 9.89. The van der Waals surface area contributed by atoms with Gasteiger partial charge in [-0.05, 0) is 78.6 Å². The Morgan fingerprint density at radius 1 is 0.769 bits per heavy atom. The number of aromatic nitrogens is 1. The Kier molecular flexibility index (Phi) is 3.17. The Morgan fingerprint density at radius 3 is 1.65 bits per heavy atom. The SMILES string of the molecule is Nc1cc(-c2[nH]c(-c3ccc(F)c(N)c3)c3c2C2CCC3C2)ccc1F. The van der Waals surface area contributed by atoms with Gasteiger partial charge in [0, 0.05) is 22.5 Å². The van der Waals surface area contributed by atoms with Gasteiger partial charge < -0.3 is 16.5 Å². The van der Waals surface area contributed by atoms with E-state index in [4.69, 9.17) is 11.5 Å². The van der Waals surface area contributed by atoms with E-state index < -0.39 is 11.6 Å². The molecule has 0 aliphatic heterocycles. The first-order valence-electron chi connectivity index (χ1n) is 8.89. The highest BCUT2D eigenvalue weighted by Gasteiger charge is 2.42. The number of nitrogens with one attached hydrogen (secondary N) is 1. The highest BCUT2D eigenvalue weighted by atomic mass is 19.1. The molecule has 0 spiro atoms. The first-order valence-corrected chi connectivity index (χ1v) is 8.89. The Labute approximate surface area is 150 Å². The van der Waals surface area contributed by atoms with Gasteiger partial charge in [0.2, 0.25) is 0 Å². The van der Waals surface area contributed by atoms with Crippen LogP contribution in [0, 0.1) is 11.6 Å². The second-order valence-electron chi connectivity index (χ2n) is 7.38. The summed E-state index contributed by atoms with van der Waals surface area (Å²) in [6, 6.07) is 9.67. The van der Waals surface area contributed by atoms with Crippen molar-refractivity contribution in [3.63, 3.8) is 0 Å². The van der Waals surface area contributed by atoms with Crippen LogP contribution in [0.5, 0.6) is 0 Å². The van der Waals surface area contributed by atoms with Crippen LogP contribution in [0.2, 0.25) is 0 Å². The topological polar surface area (TPSA) is 67.8 Å². The van der Waals surface area contributed by atoms with Crippen molar-refractivity contribution in [2.24, 2.45) is 0 Å². The molecule has 1 saturated carbocycles. The van der Waals surface area contributed by atoms with Crippen LogP contribution in [0.4, 0.5) is 20.2 Å². The molecule has 5 rings (SSSR count). The second-order valence-corrected chi connectivity index (χ2v) is 7.38. The fraction of sp³-hybridized carbons (Fsp3) is 0.238. The van der Waals surface area contributed by atoms with E-state index in [9.17, 15) is 8.78 Å². The van der Waals surface area contributed by atoms with E-state index >= 15 is 0 Å². The number of H-pyrrole nitrogens is 1. The molecule has 2 unspecified atom stereocenters. The van der Waals surface area contributed by atoms with E-state index in [0.717, 1.165) is 28.9 Å². The van der Waals surface area contributed by atoms with E-state index in [0.29, 0.717) is 11.8 Å². The molecule has 26 heavy (non-hydrogen) atoms. The summed E-state index contributed by atoms with van der Waals surface area (Å²) < 4.78 is 27.2. The molecule has 5 heteroatoms. The normalized spacial score (nSPS) is 20.5. The summed E-state index contributed by atoms with van der Waals surface area (Å²) in [4.78, 5) is 3.52. The number of nitrogen functional groups attached to an aromatic ring is 2. The molecule has 1 fully saturated rings. The fourth-order valence-corrected chi connectivity index (χ4v) is 4.74. The summed E-state index contributed by atoms with van der Waals surface area (Å²) in [6.07, 6.45) is 3.49. The maximum absolute atomic E-state index is 13.6. The average Bonchev–Trinajstić information content (AvgIpc) is 3.32. The zero-order valence-electron chi connectivity index (χ0n) is 14.2. The van der Waals surface area contributed by atoms with Crippen LogP contribution < -0.4 is 11.5 Å². The molecular weight excluding hydrogens is 332 g/mol. The summed E-state index contributed by atoms with van der Waals surface area (Å²) >= 11 is 0. The monoisotopic (exact) mass is 351 g/mol. The number of benzene rings is 2. The third-order valence-electron chi connectivity index (χ3n) is 5.90. The van der Waals surface area contributed by atoms with Crippen molar-refractivity contribution in [3.05, 3.63) is 59.2 Å². The number of nitrogens with two attached hydrogens (primary N) is 2. The molecule has 3 nitrogen and oxygen atoms in total. The Hall–Kier alpha value is -2.82.